The first-order valence-corrected chi connectivity index (χ1v) is 13.0. The van der Waals surface area contributed by atoms with Crippen LogP contribution < -0.4 is 0 Å². The van der Waals surface area contributed by atoms with Crippen LogP contribution in [0.2, 0.25) is 0 Å². The molecule has 1 aromatic heterocycles. The van der Waals surface area contributed by atoms with Gasteiger partial charge in [0, 0.05) is 10.8 Å². The molecule has 0 aliphatic carbocycles. The van der Waals surface area contributed by atoms with Crippen molar-refractivity contribution in [3.8, 4) is 11.1 Å². The molecule has 0 amide bonds. The quantitative estimate of drug-likeness (QED) is 0.271. The van der Waals surface area contributed by atoms with Crippen LogP contribution in [0.4, 0.5) is 0 Å². The molecule has 4 aromatic rings. The topological polar surface area (TPSA) is 13.1 Å². The standard InChI is InChI=1S/C34H44O/c1-31(2,3)22-18-21(19-23(20-22)32(4,5)6)24-14-13-15-26-28(24)29-27(35-26)17-16-25(33(7,8)9)30(29)34(10,11)12/h13-20H,1-12H3. The molecule has 0 saturated heterocycles. The van der Waals surface area contributed by atoms with Gasteiger partial charge in [-0.05, 0) is 67.2 Å². The van der Waals surface area contributed by atoms with Gasteiger partial charge in [0.1, 0.15) is 11.2 Å². The van der Waals surface area contributed by atoms with Crippen molar-refractivity contribution in [1.29, 1.82) is 0 Å². The zero-order chi connectivity index (χ0) is 26.1. The van der Waals surface area contributed by atoms with Gasteiger partial charge in [0.2, 0.25) is 0 Å². The van der Waals surface area contributed by atoms with E-state index in [4.69, 9.17) is 4.42 Å². The number of hydrogen-bond acceptors (Lipinski definition) is 1. The maximum atomic E-state index is 6.51. The lowest BCUT2D eigenvalue weighted by Crippen LogP contribution is -2.22. The van der Waals surface area contributed by atoms with E-state index in [0.717, 1.165) is 11.2 Å². The highest BCUT2D eigenvalue weighted by molar-refractivity contribution is 6.14. The van der Waals surface area contributed by atoms with Crippen molar-refractivity contribution in [3.63, 3.8) is 0 Å². The van der Waals surface area contributed by atoms with Crippen LogP contribution in [-0.4, -0.2) is 0 Å². The largest absolute Gasteiger partial charge is 0.456 e. The van der Waals surface area contributed by atoms with E-state index in [0.29, 0.717) is 0 Å². The molecular formula is C34H44O. The third-order valence-corrected chi connectivity index (χ3v) is 7.20. The molecule has 35 heavy (non-hydrogen) atoms. The van der Waals surface area contributed by atoms with Gasteiger partial charge in [-0.3, -0.25) is 0 Å². The Hall–Kier alpha value is -2.54. The zero-order valence-corrected chi connectivity index (χ0v) is 24.0. The van der Waals surface area contributed by atoms with Crippen LogP contribution in [0.15, 0.2) is 52.9 Å². The highest BCUT2D eigenvalue weighted by atomic mass is 16.3. The molecule has 0 atom stereocenters. The fraction of sp³-hybridized carbons (Fsp3) is 0.471. The molecule has 1 heterocycles. The fourth-order valence-corrected chi connectivity index (χ4v) is 5.20. The Balaban J connectivity index is 2.19. The van der Waals surface area contributed by atoms with Gasteiger partial charge in [0.25, 0.3) is 0 Å². The minimum absolute atomic E-state index is 0.0180. The Bertz CT molecular complexity index is 1370. The molecule has 0 aliphatic rings. The Labute approximate surface area is 212 Å². The van der Waals surface area contributed by atoms with Crippen LogP contribution in [0.25, 0.3) is 33.1 Å². The molecule has 0 aliphatic heterocycles. The van der Waals surface area contributed by atoms with Crippen LogP contribution in [0, 0.1) is 0 Å². The summed E-state index contributed by atoms with van der Waals surface area (Å²) in [6.45, 7) is 27.8. The van der Waals surface area contributed by atoms with Crippen molar-refractivity contribution in [2.75, 3.05) is 0 Å². The molecule has 0 unspecified atom stereocenters. The van der Waals surface area contributed by atoms with Crippen molar-refractivity contribution in [1.82, 2.24) is 0 Å². The van der Waals surface area contributed by atoms with Gasteiger partial charge >= 0.3 is 0 Å². The molecule has 0 spiro atoms. The average molecular weight is 469 g/mol. The summed E-state index contributed by atoms with van der Waals surface area (Å²) in [5, 5.41) is 2.51. The SMILES string of the molecule is CC(C)(C)c1cc(-c2cccc3oc4ccc(C(C)(C)C)c(C(C)(C)C)c4c23)cc(C(C)(C)C)c1. The van der Waals surface area contributed by atoms with Crippen LogP contribution in [0.5, 0.6) is 0 Å². The fourth-order valence-electron chi connectivity index (χ4n) is 5.20. The highest BCUT2D eigenvalue weighted by Gasteiger charge is 2.30. The Morgan fingerprint density at radius 3 is 1.54 bits per heavy atom. The first kappa shape index (κ1) is 25.5. The van der Waals surface area contributed by atoms with E-state index in [9.17, 15) is 0 Å². The maximum Gasteiger partial charge on any atom is 0.136 e. The van der Waals surface area contributed by atoms with Gasteiger partial charge < -0.3 is 4.42 Å². The third kappa shape index (κ3) is 4.67. The van der Waals surface area contributed by atoms with Crippen LogP contribution in [0.1, 0.15) is 105 Å². The highest BCUT2D eigenvalue weighted by Crippen LogP contribution is 2.46. The van der Waals surface area contributed by atoms with Crippen molar-refractivity contribution < 1.29 is 4.42 Å². The van der Waals surface area contributed by atoms with E-state index >= 15 is 0 Å². The summed E-state index contributed by atoms with van der Waals surface area (Å²) in [5.74, 6) is 0. The number of fused-ring (bicyclic) bond motifs is 3. The van der Waals surface area contributed by atoms with E-state index < -0.39 is 0 Å². The third-order valence-electron chi connectivity index (χ3n) is 7.20. The molecule has 1 heteroatoms. The summed E-state index contributed by atoms with van der Waals surface area (Å²) < 4.78 is 6.51. The van der Waals surface area contributed by atoms with Gasteiger partial charge in [0.15, 0.2) is 0 Å². The molecule has 0 N–H and O–H groups in total. The number of rotatable bonds is 1. The normalized spacial score (nSPS) is 13.7. The number of furan rings is 1. The summed E-state index contributed by atoms with van der Waals surface area (Å²) >= 11 is 0. The predicted octanol–water partition coefficient (Wildman–Crippen LogP) is 10.4. The lowest BCUT2D eigenvalue weighted by molar-refractivity contribution is 0.534. The lowest BCUT2D eigenvalue weighted by Gasteiger charge is -2.31. The predicted molar refractivity (Wildman–Crippen MR) is 154 cm³/mol. The Morgan fingerprint density at radius 1 is 0.514 bits per heavy atom. The molecular weight excluding hydrogens is 424 g/mol. The molecule has 4 rings (SSSR count). The van der Waals surface area contributed by atoms with Crippen LogP contribution in [0.3, 0.4) is 0 Å². The van der Waals surface area contributed by atoms with Crippen molar-refractivity contribution in [2.45, 2.75) is 105 Å². The molecule has 0 bridgehead atoms. The van der Waals surface area contributed by atoms with Crippen LogP contribution >= 0.6 is 0 Å². The van der Waals surface area contributed by atoms with Crippen LogP contribution in [-0.2, 0) is 21.7 Å². The number of benzene rings is 3. The molecule has 3 aromatic carbocycles. The smallest absolute Gasteiger partial charge is 0.136 e. The monoisotopic (exact) mass is 468 g/mol. The molecule has 0 radical (unpaired) electrons. The van der Waals surface area contributed by atoms with E-state index in [2.05, 4.69) is 132 Å². The van der Waals surface area contributed by atoms with E-state index in [1.54, 1.807) is 0 Å². The van der Waals surface area contributed by atoms with E-state index in [1.165, 1.54) is 44.2 Å². The van der Waals surface area contributed by atoms with Crippen molar-refractivity contribution >= 4 is 21.9 Å². The first-order chi connectivity index (χ1) is 15.9. The Morgan fingerprint density at radius 2 is 1.06 bits per heavy atom. The summed E-state index contributed by atoms with van der Waals surface area (Å²) in [5.41, 5.74) is 10.2. The van der Waals surface area contributed by atoms with E-state index in [1.807, 2.05) is 0 Å². The average Bonchev–Trinajstić information content (AvgIpc) is 3.08. The zero-order valence-electron chi connectivity index (χ0n) is 24.0. The van der Waals surface area contributed by atoms with Crippen molar-refractivity contribution in [3.05, 3.63) is 70.8 Å². The van der Waals surface area contributed by atoms with Crippen molar-refractivity contribution in [2.24, 2.45) is 0 Å². The second kappa shape index (κ2) is 7.99. The molecule has 0 saturated carbocycles. The van der Waals surface area contributed by atoms with Gasteiger partial charge in [-0.1, -0.05) is 119 Å². The second-order valence-corrected chi connectivity index (χ2v) is 14.4. The minimum atomic E-state index is -0.0180. The van der Waals surface area contributed by atoms with E-state index in [-0.39, 0.29) is 21.7 Å². The molecule has 0 fully saturated rings. The maximum absolute atomic E-state index is 6.51. The van der Waals surface area contributed by atoms with Gasteiger partial charge in [-0.15, -0.1) is 0 Å². The van der Waals surface area contributed by atoms with Gasteiger partial charge in [0.05, 0.1) is 0 Å². The van der Waals surface area contributed by atoms with Gasteiger partial charge in [-0.2, -0.15) is 0 Å². The summed E-state index contributed by atoms with van der Waals surface area (Å²) in [6, 6.07) is 18.2. The summed E-state index contributed by atoms with van der Waals surface area (Å²) in [6.07, 6.45) is 0. The molecule has 186 valence electrons. The first-order valence-electron chi connectivity index (χ1n) is 13.0. The molecule has 1 nitrogen and oxygen atoms in total. The van der Waals surface area contributed by atoms with Gasteiger partial charge in [-0.25, -0.2) is 0 Å². The number of hydrogen-bond donors (Lipinski definition) is 0. The second-order valence-electron chi connectivity index (χ2n) is 14.4. The summed E-state index contributed by atoms with van der Waals surface area (Å²) in [4.78, 5) is 0. The summed E-state index contributed by atoms with van der Waals surface area (Å²) in [7, 11) is 0. The minimum Gasteiger partial charge on any atom is -0.456 e. The Kier molecular flexibility index (Phi) is 5.83. The lowest BCUT2D eigenvalue weighted by atomic mass is 9.73.